The van der Waals surface area contributed by atoms with Crippen LogP contribution in [0.3, 0.4) is 0 Å². The summed E-state index contributed by atoms with van der Waals surface area (Å²) in [4.78, 5) is 28.6. The lowest BCUT2D eigenvalue weighted by molar-refractivity contribution is 0.0944. The molecule has 0 aliphatic carbocycles. The van der Waals surface area contributed by atoms with Gasteiger partial charge < -0.3 is 15.4 Å². The van der Waals surface area contributed by atoms with E-state index in [4.69, 9.17) is 4.74 Å². The zero-order valence-electron chi connectivity index (χ0n) is 16.1. The van der Waals surface area contributed by atoms with Crippen molar-refractivity contribution >= 4 is 11.8 Å². The van der Waals surface area contributed by atoms with Crippen LogP contribution in [0.4, 0.5) is 0 Å². The van der Waals surface area contributed by atoms with Crippen molar-refractivity contribution in [2.75, 3.05) is 20.2 Å². The average Bonchev–Trinajstić information content (AvgIpc) is 2.67. The van der Waals surface area contributed by atoms with E-state index in [1.165, 1.54) is 0 Å². The number of hydrogen-bond donors (Lipinski definition) is 2. The maximum absolute atomic E-state index is 12.3. The van der Waals surface area contributed by atoms with Gasteiger partial charge in [0.15, 0.2) is 0 Å². The zero-order valence-corrected chi connectivity index (χ0v) is 16.1. The highest BCUT2D eigenvalue weighted by Gasteiger charge is 2.12. The van der Waals surface area contributed by atoms with E-state index in [1.807, 2.05) is 24.3 Å². The van der Waals surface area contributed by atoms with E-state index in [1.54, 1.807) is 25.3 Å². The summed E-state index contributed by atoms with van der Waals surface area (Å²) in [5, 5.41) is 5.66. The molecule has 0 aliphatic heterocycles. The molecule has 2 aromatic rings. The quantitative estimate of drug-likeness (QED) is 0.712. The summed E-state index contributed by atoms with van der Waals surface area (Å²) >= 11 is 0. The molecule has 144 valence electrons. The van der Waals surface area contributed by atoms with Crippen molar-refractivity contribution in [2.45, 2.75) is 26.7 Å². The van der Waals surface area contributed by atoms with Crippen molar-refractivity contribution in [1.29, 1.82) is 0 Å². The lowest BCUT2D eigenvalue weighted by Gasteiger charge is -2.09. The van der Waals surface area contributed by atoms with E-state index < -0.39 is 0 Å². The van der Waals surface area contributed by atoms with Gasteiger partial charge in [0.1, 0.15) is 17.1 Å². The third-order valence-electron chi connectivity index (χ3n) is 4.05. The number of pyridine rings is 1. The van der Waals surface area contributed by atoms with Crippen molar-refractivity contribution in [2.24, 2.45) is 5.92 Å². The van der Waals surface area contributed by atoms with Crippen molar-refractivity contribution in [1.82, 2.24) is 15.6 Å². The minimum Gasteiger partial charge on any atom is -0.497 e. The molecule has 1 aromatic heterocycles. The molecule has 1 aromatic carbocycles. The number of carbonyl (C=O) groups is 2. The Morgan fingerprint density at radius 2 is 1.63 bits per heavy atom. The van der Waals surface area contributed by atoms with Crippen LogP contribution in [0.5, 0.6) is 5.75 Å². The normalized spacial score (nSPS) is 10.5. The van der Waals surface area contributed by atoms with Gasteiger partial charge >= 0.3 is 0 Å². The lowest BCUT2D eigenvalue weighted by atomic mass is 10.1. The van der Waals surface area contributed by atoms with E-state index >= 15 is 0 Å². The van der Waals surface area contributed by atoms with Crippen LogP contribution >= 0.6 is 0 Å². The van der Waals surface area contributed by atoms with Crippen LogP contribution < -0.4 is 15.4 Å². The maximum Gasteiger partial charge on any atom is 0.269 e. The first-order valence-corrected chi connectivity index (χ1v) is 9.16. The van der Waals surface area contributed by atoms with Gasteiger partial charge in [0.2, 0.25) is 0 Å². The predicted octanol–water partition coefficient (Wildman–Crippen LogP) is 2.84. The van der Waals surface area contributed by atoms with Gasteiger partial charge in [0, 0.05) is 13.1 Å². The second-order valence-corrected chi connectivity index (χ2v) is 6.70. The molecule has 2 N–H and O–H groups in total. The van der Waals surface area contributed by atoms with Crippen LogP contribution in [0.25, 0.3) is 0 Å². The SMILES string of the molecule is COc1cccc(CCNC(=O)c2cccc(C(=O)NCCC(C)C)n2)c1. The third kappa shape index (κ3) is 6.73. The molecule has 2 rings (SSSR count). The van der Waals surface area contributed by atoms with Crippen LogP contribution in [-0.4, -0.2) is 37.0 Å². The second-order valence-electron chi connectivity index (χ2n) is 6.70. The van der Waals surface area contributed by atoms with Crippen LogP contribution in [0.1, 0.15) is 46.8 Å². The monoisotopic (exact) mass is 369 g/mol. The summed E-state index contributed by atoms with van der Waals surface area (Å²) < 4.78 is 5.19. The number of nitrogens with one attached hydrogen (secondary N) is 2. The molecule has 6 nitrogen and oxygen atoms in total. The molecule has 0 saturated carbocycles. The Morgan fingerprint density at radius 1 is 1.00 bits per heavy atom. The summed E-state index contributed by atoms with van der Waals surface area (Å²) in [6.07, 6.45) is 1.58. The third-order valence-corrected chi connectivity index (χ3v) is 4.05. The van der Waals surface area contributed by atoms with E-state index in [9.17, 15) is 9.59 Å². The first kappa shape index (κ1) is 20.4. The summed E-state index contributed by atoms with van der Waals surface area (Å²) in [5.74, 6) is 0.744. The smallest absolute Gasteiger partial charge is 0.269 e. The number of amides is 2. The van der Waals surface area contributed by atoms with Gasteiger partial charge in [-0.25, -0.2) is 4.98 Å². The molecule has 0 fully saturated rings. The Hall–Kier alpha value is -2.89. The van der Waals surface area contributed by atoms with Crippen molar-refractivity contribution in [3.05, 3.63) is 59.4 Å². The van der Waals surface area contributed by atoms with Crippen LogP contribution in [-0.2, 0) is 6.42 Å². The van der Waals surface area contributed by atoms with Crippen LogP contribution in [0.2, 0.25) is 0 Å². The number of ether oxygens (including phenoxy) is 1. The Morgan fingerprint density at radius 3 is 2.26 bits per heavy atom. The maximum atomic E-state index is 12.3. The molecular formula is C21H27N3O3. The highest BCUT2D eigenvalue weighted by Crippen LogP contribution is 2.12. The number of methoxy groups -OCH3 is 1. The van der Waals surface area contributed by atoms with Gasteiger partial charge in [-0.2, -0.15) is 0 Å². The molecule has 0 atom stereocenters. The molecule has 2 amide bonds. The van der Waals surface area contributed by atoms with E-state index in [0.717, 1.165) is 17.7 Å². The fraction of sp³-hybridized carbons (Fsp3) is 0.381. The van der Waals surface area contributed by atoms with Crippen LogP contribution in [0, 0.1) is 5.92 Å². The Bertz CT molecular complexity index is 775. The van der Waals surface area contributed by atoms with Crippen molar-refractivity contribution < 1.29 is 14.3 Å². The minimum atomic E-state index is -0.297. The number of nitrogens with zero attached hydrogens (tertiary/aromatic N) is 1. The highest BCUT2D eigenvalue weighted by molar-refractivity contribution is 5.96. The molecule has 0 saturated heterocycles. The van der Waals surface area contributed by atoms with E-state index in [-0.39, 0.29) is 23.2 Å². The molecule has 0 aliphatic rings. The fourth-order valence-corrected chi connectivity index (χ4v) is 2.49. The molecule has 0 spiro atoms. The van der Waals surface area contributed by atoms with Gasteiger partial charge in [-0.1, -0.05) is 32.0 Å². The van der Waals surface area contributed by atoms with Gasteiger partial charge in [-0.15, -0.1) is 0 Å². The first-order chi connectivity index (χ1) is 13.0. The molecule has 6 heteroatoms. The average molecular weight is 369 g/mol. The topological polar surface area (TPSA) is 80.3 Å². The van der Waals surface area contributed by atoms with Gasteiger partial charge in [0.25, 0.3) is 11.8 Å². The standard InChI is InChI=1S/C21H27N3O3/c1-15(2)10-12-22-20(25)18-8-5-9-19(24-18)21(26)23-13-11-16-6-4-7-17(14-16)27-3/h4-9,14-15H,10-13H2,1-3H3,(H,22,25)(H,23,26). The molecule has 0 unspecified atom stereocenters. The number of benzene rings is 1. The van der Waals surface area contributed by atoms with Crippen molar-refractivity contribution in [3.63, 3.8) is 0 Å². The number of carbonyl (C=O) groups excluding carboxylic acids is 2. The summed E-state index contributed by atoms with van der Waals surface area (Å²) in [6.45, 7) is 5.26. The number of rotatable bonds is 9. The van der Waals surface area contributed by atoms with E-state index in [2.05, 4.69) is 29.5 Å². The summed E-state index contributed by atoms with van der Waals surface area (Å²) in [6, 6.07) is 12.6. The molecule has 0 radical (unpaired) electrons. The highest BCUT2D eigenvalue weighted by atomic mass is 16.5. The fourth-order valence-electron chi connectivity index (χ4n) is 2.49. The van der Waals surface area contributed by atoms with E-state index in [0.29, 0.717) is 25.4 Å². The molecule has 27 heavy (non-hydrogen) atoms. The van der Waals surface area contributed by atoms with Gasteiger partial charge in [0.05, 0.1) is 7.11 Å². The van der Waals surface area contributed by atoms with Crippen LogP contribution in [0.15, 0.2) is 42.5 Å². The van der Waals surface area contributed by atoms with Gasteiger partial charge in [-0.05, 0) is 48.6 Å². The molecule has 0 bridgehead atoms. The molecular weight excluding hydrogens is 342 g/mol. The Labute approximate surface area is 160 Å². The zero-order chi connectivity index (χ0) is 19.6. The Balaban J connectivity index is 1.87. The summed E-state index contributed by atoms with van der Waals surface area (Å²) in [5.41, 5.74) is 1.55. The van der Waals surface area contributed by atoms with Gasteiger partial charge in [-0.3, -0.25) is 9.59 Å². The predicted molar refractivity (Wildman–Crippen MR) is 105 cm³/mol. The number of hydrogen-bond acceptors (Lipinski definition) is 4. The lowest BCUT2D eigenvalue weighted by Crippen LogP contribution is -2.29. The molecule has 1 heterocycles. The number of aromatic nitrogens is 1. The van der Waals surface area contributed by atoms with Crippen molar-refractivity contribution in [3.8, 4) is 5.75 Å². The minimum absolute atomic E-state index is 0.233. The summed E-state index contributed by atoms with van der Waals surface area (Å²) in [7, 11) is 1.62. The first-order valence-electron chi connectivity index (χ1n) is 9.16. The second kappa shape index (κ2) is 10.3. The Kier molecular flexibility index (Phi) is 7.79. The largest absolute Gasteiger partial charge is 0.497 e.